The van der Waals surface area contributed by atoms with E-state index < -0.39 is 11.9 Å². The molecule has 1 atom stereocenters. The van der Waals surface area contributed by atoms with Crippen LogP contribution in [0.15, 0.2) is 34.9 Å². The monoisotopic (exact) mass is 404 g/mol. The summed E-state index contributed by atoms with van der Waals surface area (Å²) in [6.45, 7) is 1.53. The van der Waals surface area contributed by atoms with Crippen LogP contribution in [0.2, 0.25) is 0 Å². The number of aromatic nitrogens is 1. The highest BCUT2D eigenvalue weighted by molar-refractivity contribution is 7.13. The third kappa shape index (κ3) is 3.74. The second kappa shape index (κ2) is 7.80. The zero-order chi connectivity index (χ0) is 19.5. The summed E-state index contributed by atoms with van der Waals surface area (Å²) in [6, 6.07) is 4.55. The van der Waals surface area contributed by atoms with Crippen molar-refractivity contribution in [1.29, 1.82) is 0 Å². The van der Waals surface area contributed by atoms with Crippen molar-refractivity contribution in [2.75, 3.05) is 41.3 Å². The molecule has 1 aromatic heterocycles. The van der Waals surface area contributed by atoms with Crippen LogP contribution in [-0.2, 0) is 9.53 Å². The van der Waals surface area contributed by atoms with Crippen LogP contribution in [0.3, 0.4) is 0 Å². The quantitative estimate of drug-likeness (QED) is 0.740. The Morgan fingerprint density at radius 2 is 2.29 bits per heavy atom. The summed E-state index contributed by atoms with van der Waals surface area (Å²) in [5, 5.41) is 10.9. The van der Waals surface area contributed by atoms with Gasteiger partial charge >= 0.3 is 6.09 Å². The van der Waals surface area contributed by atoms with Gasteiger partial charge in [0.2, 0.25) is 6.41 Å². The van der Waals surface area contributed by atoms with Gasteiger partial charge in [0.25, 0.3) is 0 Å². The minimum Gasteiger partial charge on any atom is -0.442 e. The van der Waals surface area contributed by atoms with Crippen molar-refractivity contribution in [2.24, 2.45) is 5.10 Å². The molecule has 2 aromatic rings. The molecular weight excluding hydrogens is 387 g/mol. The number of hydrogen-bond donors (Lipinski definition) is 1. The predicted molar refractivity (Wildman–Crippen MR) is 103 cm³/mol. The molecule has 1 saturated heterocycles. The van der Waals surface area contributed by atoms with Crippen LogP contribution in [-0.4, -0.2) is 61.1 Å². The lowest BCUT2D eigenvalue weighted by molar-refractivity contribution is -0.118. The van der Waals surface area contributed by atoms with Crippen LogP contribution in [0.5, 0.6) is 0 Å². The molecule has 0 radical (unpaired) electrons. The Labute approximate surface area is 164 Å². The first-order valence-electron chi connectivity index (χ1n) is 8.58. The maximum Gasteiger partial charge on any atom is 0.414 e. The number of carbonyl (C=O) groups excluding carboxylic acids is 2. The summed E-state index contributed by atoms with van der Waals surface area (Å²) in [4.78, 5) is 30.0. The second-order valence-electron chi connectivity index (χ2n) is 6.16. The van der Waals surface area contributed by atoms with Crippen LogP contribution >= 0.6 is 11.3 Å². The Balaban J connectivity index is 1.42. The Bertz CT molecular complexity index is 893. The Morgan fingerprint density at radius 1 is 1.39 bits per heavy atom. The highest BCUT2D eigenvalue weighted by Gasteiger charge is 2.33. The SMILES string of the molecule is O=CN1CCN(c2ccc(N3CC(CNc4nccs4)OC3=O)cc2F)C=N1. The van der Waals surface area contributed by atoms with E-state index in [4.69, 9.17) is 4.74 Å². The number of halogens is 1. The first-order valence-corrected chi connectivity index (χ1v) is 9.46. The molecule has 11 heteroatoms. The second-order valence-corrected chi connectivity index (χ2v) is 7.06. The van der Waals surface area contributed by atoms with Crippen molar-refractivity contribution in [2.45, 2.75) is 6.10 Å². The number of carbonyl (C=O) groups is 2. The van der Waals surface area contributed by atoms with Gasteiger partial charge in [-0.25, -0.2) is 19.2 Å². The summed E-state index contributed by atoms with van der Waals surface area (Å²) in [7, 11) is 0. The van der Waals surface area contributed by atoms with Gasteiger partial charge in [-0.05, 0) is 18.2 Å². The number of nitrogens with one attached hydrogen (secondary N) is 1. The fourth-order valence-electron chi connectivity index (χ4n) is 2.96. The number of ether oxygens (including phenoxy) is 1. The number of anilines is 3. The average Bonchev–Trinajstić information content (AvgIpc) is 3.36. The molecule has 1 N–H and O–H groups in total. The highest BCUT2D eigenvalue weighted by Crippen LogP contribution is 2.28. The van der Waals surface area contributed by atoms with Crippen LogP contribution in [0.4, 0.5) is 25.7 Å². The van der Waals surface area contributed by atoms with Crippen molar-refractivity contribution >= 4 is 46.7 Å². The van der Waals surface area contributed by atoms with Gasteiger partial charge in [0.1, 0.15) is 18.3 Å². The van der Waals surface area contributed by atoms with Crippen molar-refractivity contribution in [3.05, 3.63) is 35.6 Å². The molecule has 3 heterocycles. The number of cyclic esters (lactones) is 1. The van der Waals surface area contributed by atoms with E-state index in [2.05, 4.69) is 15.4 Å². The van der Waals surface area contributed by atoms with Gasteiger partial charge in [0.05, 0.1) is 31.0 Å². The fourth-order valence-corrected chi connectivity index (χ4v) is 3.50. The normalized spacial score (nSPS) is 19.1. The predicted octanol–water partition coefficient (Wildman–Crippen LogP) is 1.94. The molecule has 28 heavy (non-hydrogen) atoms. The van der Waals surface area contributed by atoms with Gasteiger partial charge in [-0.15, -0.1) is 11.3 Å². The highest BCUT2D eigenvalue weighted by atomic mass is 32.1. The maximum atomic E-state index is 14.6. The molecule has 146 valence electrons. The first-order chi connectivity index (χ1) is 13.6. The average molecular weight is 404 g/mol. The summed E-state index contributed by atoms with van der Waals surface area (Å²) in [6.07, 6.45) is 2.84. The van der Waals surface area contributed by atoms with Gasteiger partial charge in [0, 0.05) is 18.1 Å². The first kappa shape index (κ1) is 18.2. The van der Waals surface area contributed by atoms with Gasteiger partial charge in [-0.2, -0.15) is 5.10 Å². The van der Waals surface area contributed by atoms with E-state index in [0.29, 0.717) is 44.0 Å². The van der Waals surface area contributed by atoms with E-state index in [1.54, 1.807) is 23.2 Å². The van der Waals surface area contributed by atoms with E-state index >= 15 is 0 Å². The van der Waals surface area contributed by atoms with Crippen molar-refractivity contribution in [1.82, 2.24) is 9.99 Å². The topological polar surface area (TPSA) is 90.4 Å². The number of thiazole rings is 1. The number of benzene rings is 1. The van der Waals surface area contributed by atoms with Crippen LogP contribution in [0, 0.1) is 5.82 Å². The standard InChI is InChI=1S/C17H17FN6O3S/c18-14-7-12(1-2-15(14)22-4-5-23(11-25)21-10-22)24-9-13(27-17(24)26)8-20-16-19-3-6-28-16/h1-3,6-7,10-11,13H,4-5,8-9H2,(H,19,20). The van der Waals surface area contributed by atoms with E-state index in [1.165, 1.54) is 33.7 Å². The molecule has 0 aliphatic carbocycles. The molecule has 2 aliphatic heterocycles. The molecule has 2 amide bonds. The van der Waals surface area contributed by atoms with Crippen molar-refractivity contribution < 1.29 is 18.7 Å². The van der Waals surface area contributed by atoms with Crippen molar-refractivity contribution in [3.63, 3.8) is 0 Å². The summed E-state index contributed by atoms with van der Waals surface area (Å²) in [5.74, 6) is -0.485. The van der Waals surface area contributed by atoms with E-state index in [0.717, 1.165) is 5.13 Å². The Morgan fingerprint density at radius 3 is 2.96 bits per heavy atom. The Hall–Kier alpha value is -3.21. The molecular formula is C17H17FN6O3S. The molecule has 4 rings (SSSR count). The molecule has 0 bridgehead atoms. The zero-order valence-electron chi connectivity index (χ0n) is 14.7. The lowest BCUT2D eigenvalue weighted by Crippen LogP contribution is -2.37. The summed E-state index contributed by atoms with van der Waals surface area (Å²) < 4.78 is 20.0. The minimum atomic E-state index is -0.515. The lowest BCUT2D eigenvalue weighted by atomic mass is 10.2. The number of hydrogen-bond acceptors (Lipinski definition) is 8. The molecule has 1 unspecified atom stereocenters. The minimum absolute atomic E-state index is 0.315. The third-order valence-corrected chi connectivity index (χ3v) is 5.10. The van der Waals surface area contributed by atoms with E-state index in [9.17, 15) is 14.0 Å². The number of hydrazone groups is 1. The van der Waals surface area contributed by atoms with E-state index in [-0.39, 0.29) is 6.10 Å². The number of rotatable bonds is 6. The van der Waals surface area contributed by atoms with Crippen LogP contribution in [0.25, 0.3) is 0 Å². The van der Waals surface area contributed by atoms with Crippen LogP contribution < -0.4 is 15.1 Å². The molecule has 0 spiro atoms. The van der Waals surface area contributed by atoms with E-state index in [1.807, 2.05) is 5.38 Å². The Kier molecular flexibility index (Phi) is 5.06. The van der Waals surface area contributed by atoms with Crippen molar-refractivity contribution in [3.8, 4) is 0 Å². The van der Waals surface area contributed by atoms with Gasteiger partial charge in [-0.3, -0.25) is 9.69 Å². The van der Waals surface area contributed by atoms with Gasteiger partial charge in [0.15, 0.2) is 5.13 Å². The van der Waals surface area contributed by atoms with Gasteiger partial charge in [-0.1, -0.05) is 0 Å². The smallest absolute Gasteiger partial charge is 0.414 e. The summed E-state index contributed by atoms with van der Waals surface area (Å²) in [5.41, 5.74) is 0.749. The lowest BCUT2D eigenvalue weighted by Gasteiger charge is -2.27. The fraction of sp³-hybridized carbons (Fsp3) is 0.294. The maximum absolute atomic E-state index is 14.6. The number of nitrogens with zero attached hydrogens (tertiary/aromatic N) is 5. The largest absolute Gasteiger partial charge is 0.442 e. The zero-order valence-corrected chi connectivity index (χ0v) is 15.5. The van der Waals surface area contributed by atoms with Crippen LogP contribution in [0.1, 0.15) is 0 Å². The molecule has 1 fully saturated rings. The number of amides is 2. The molecule has 1 aromatic carbocycles. The molecule has 0 saturated carbocycles. The molecule has 9 nitrogen and oxygen atoms in total. The third-order valence-electron chi connectivity index (χ3n) is 4.37. The van der Waals surface area contributed by atoms with Gasteiger partial charge < -0.3 is 15.0 Å². The summed E-state index contributed by atoms with van der Waals surface area (Å²) >= 11 is 1.46. The molecule has 2 aliphatic rings.